The topological polar surface area (TPSA) is 108 Å². The first-order chi connectivity index (χ1) is 14.9. The van der Waals surface area contributed by atoms with Gasteiger partial charge in [0.05, 0.1) is 30.1 Å². The number of ether oxygens (including phenoxy) is 1. The average molecular weight is 460 g/mol. The molecular formula is C23H29N2O6P. The molecule has 0 fully saturated rings. The quantitative estimate of drug-likeness (QED) is 0.173. The molecule has 0 saturated heterocycles. The maximum absolute atomic E-state index is 14.3. The summed E-state index contributed by atoms with van der Waals surface area (Å²) in [5.41, 5.74) is 2.90. The largest absolute Gasteiger partial charge is 0.466 e. The summed E-state index contributed by atoms with van der Waals surface area (Å²) in [6.45, 7) is 14.7. The van der Waals surface area contributed by atoms with Gasteiger partial charge in [0, 0.05) is 35.0 Å². The molecule has 0 saturated carbocycles. The number of esters is 1. The molecule has 0 bridgehead atoms. The molecule has 1 aliphatic heterocycles. The van der Waals surface area contributed by atoms with E-state index in [1.54, 1.807) is 33.8 Å². The summed E-state index contributed by atoms with van der Waals surface area (Å²) in [5.74, 6) is -1.49. The maximum Gasteiger partial charge on any atom is 0.336 e. The van der Waals surface area contributed by atoms with Crippen molar-refractivity contribution in [1.29, 1.82) is 0 Å². The van der Waals surface area contributed by atoms with Gasteiger partial charge in [-0.1, -0.05) is 36.4 Å². The van der Waals surface area contributed by atoms with Crippen LogP contribution in [0, 0.1) is 10.1 Å². The van der Waals surface area contributed by atoms with Crippen LogP contribution < -0.4 is 5.32 Å². The molecular weight excluding hydrogens is 431 g/mol. The van der Waals surface area contributed by atoms with Crippen LogP contribution >= 0.6 is 7.37 Å². The summed E-state index contributed by atoms with van der Waals surface area (Å²) < 4.78 is 25.3. The van der Waals surface area contributed by atoms with E-state index in [0.29, 0.717) is 33.4 Å². The number of hydrogen-bond donors (Lipinski definition) is 1. The molecule has 1 aromatic carbocycles. The molecule has 1 aliphatic rings. The van der Waals surface area contributed by atoms with Crippen LogP contribution in [0.2, 0.25) is 0 Å². The van der Waals surface area contributed by atoms with Gasteiger partial charge in [-0.25, -0.2) is 4.79 Å². The molecule has 2 atom stereocenters. The van der Waals surface area contributed by atoms with Crippen molar-refractivity contribution >= 4 is 19.0 Å². The third kappa shape index (κ3) is 5.44. The highest BCUT2D eigenvalue weighted by Crippen LogP contribution is 2.64. The molecule has 0 aliphatic carbocycles. The Kier molecular flexibility index (Phi) is 7.99. The second-order valence-electron chi connectivity index (χ2n) is 7.97. The Hall–Kier alpha value is -2.96. The van der Waals surface area contributed by atoms with Crippen LogP contribution in [0.1, 0.15) is 39.2 Å². The van der Waals surface area contributed by atoms with E-state index in [9.17, 15) is 19.5 Å². The number of benzene rings is 1. The standard InChI is InChI=1S/C23H29N2O6P/c1-14(2)12-31-32(29,13-15(3)4)22-17(6)24-16(5)20(23(26)30-7)21(22)18-9-8-10-19(11-18)25(27)28/h8-11,21,24H,1,3,12-13H2,2,4-7H3. The number of nitrogens with one attached hydrogen (secondary N) is 1. The lowest BCUT2D eigenvalue weighted by atomic mass is 9.86. The van der Waals surface area contributed by atoms with Crippen molar-refractivity contribution < 1.29 is 23.5 Å². The van der Waals surface area contributed by atoms with Crippen molar-refractivity contribution in [2.45, 2.75) is 33.6 Å². The third-order valence-electron chi connectivity index (χ3n) is 4.91. The fraction of sp³-hybridized carbons (Fsp3) is 0.348. The fourth-order valence-corrected chi connectivity index (χ4v) is 6.51. The van der Waals surface area contributed by atoms with E-state index in [1.165, 1.54) is 25.3 Å². The van der Waals surface area contributed by atoms with Gasteiger partial charge in [-0.05, 0) is 33.3 Å². The number of carbonyl (C=O) groups excluding carboxylic acids is 1. The van der Waals surface area contributed by atoms with E-state index < -0.39 is 24.2 Å². The number of rotatable bonds is 9. The zero-order valence-electron chi connectivity index (χ0n) is 19.1. The number of non-ortho nitro benzene ring substituents is 1. The smallest absolute Gasteiger partial charge is 0.336 e. The van der Waals surface area contributed by atoms with E-state index in [1.807, 2.05) is 0 Å². The maximum atomic E-state index is 14.3. The highest BCUT2D eigenvalue weighted by Gasteiger charge is 2.43. The van der Waals surface area contributed by atoms with Gasteiger partial charge < -0.3 is 14.6 Å². The van der Waals surface area contributed by atoms with E-state index in [-0.39, 0.29) is 24.0 Å². The van der Waals surface area contributed by atoms with Gasteiger partial charge in [-0.3, -0.25) is 14.7 Å². The lowest BCUT2D eigenvalue weighted by Gasteiger charge is -2.35. The molecule has 0 radical (unpaired) electrons. The van der Waals surface area contributed by atoms with Crippen molar-refractivity contribution in [2.24, 2.45) is 0 Å². The van der Waals surface area contributed by atoms with Crippen molar-refractivity contribution in [1.82, 2.24) is 5.32 Å². The number of methoxy groups -OCH3 is 1. The molecule has 32 heavy (non-hydrogen) atoms. The zero-order chi connectivity index (χ0) is 24.2. The molecule has 0 aromatic heterocycles. The van der Waals surface area contributed by atoms with Gasteiger partial charge in [0.1, 0.15) is 0 Å². The Morgan fingerprint density at radius 2 is 1.88 bits per heavy atom. The van der Waals surface area contributed by atoms with Gasteiger partial charge in [0.25, 0.3) is 5.69 Å². The van der Waals surface area contributed by atoms with Gasteiger partial charge in [-0.15, -0.1) is 0 Å². The summed E-state index contributed by atoms with van der Waals surface area (Å²) in [6, 6.07) is 5.94. The van der Waals surface area contributed by atoms with Crippen LogP contribution in [0.4, 0.5) is 5.69 Å². The van der Waals surface area contributed by atoms with Crippen LogP contribution in [-0.2, 0) is 18.6 Å². The van der Waals surface area contributed by atoms with E-state index in [2.05, 4.69) is 18.5 Å². The monoisotopic (exact) mass is 460 g/mol. The summed E-state index contributed by atoms with van der Waals surface area (Å²) in [4.78, 5) is 23.7. The number of carbonyl (C=O) groups is 1. The number of nitro groups is 1. The third-order valence-corrected chi connectivity index (χ3v) is 7.74. The fourth-order valence-electron chi connectivity index (χ4n) is 3.73. The van der Waals surface area contributed by atoms with Crippen LogP contribution in [0.25, 0.3) is 0 Å². The minimum absolute atomic E-state index is 0.0492. The first-order valence-corrected chi connectivity index (χ1v) is 11.8. The van der Waals surface area contributed by atoms with Crippen LogP contribution in [0.5, 0.6) is 0 Å². The summed E-state index contributed by atoms with van der Waals surface area (Å²) in [6.07, 6.45) is 0.0492. The summed E-state index contributed by atoms with van der Waals surface area (Å²) in [7, 11) is -2.34. The Morgan fingerprint density at radius 1 is 1.22 bits per heavy atom. The Morgan fingerprint density at radius 3 is 2.41 bits per heavy atom. The van der Waals surface area contributed by atoms with Gasteiger partial charge >= 0.3 is 5.97 Å². The van der Waals surface area contributed by atoms with Gasteiger partial charge in [-0.2, -0.15) is 0 Å². The molecule has 172 valence electrons. The molecule has 1 N–H and O–H groups in total. The van der Waals surface area contributed by atoms with E-state index in [4.69, 9.17) is 9.26 Å². The van der Waals surface area contributed by atoms with E-state index >= 15 is 0 Å². The number of nitro benzene ring substituents is 1. The molecule has 9 heteroatoms. The van der Waals surface area contributed by atoms with Gasteiger partial charge in [0.15, 0.2) is 0 Å². The number of dihydropyridines is 1. The normalized spacial score (nSPS) is 18.0. The molecule has 0 spiro atoms. The molecule has 8 nitrogen and oxygen atoms in total. The average Bonchev–Trinajstić information content (AvgIpc) is 2.70. The molecule has 1 heterocycles. The molecule has 2 rings (SSSR count). The zero-order valence-corrected chi connectivity index (χ0v) is 20.0. The highest BCUT2D eigenvalue weighted by molar-refractivity contribution is 7.63. The summed E-state index contributed by atoms with van der Waals surface area (Å²) in [5, 5.41) is 14.9. The molecule has 2 unspecified atom stereocenters. The Labute approximate surface area is 188 Å². The summed E-state index contributed by atoms with van der Waals surface area (Å²) >= 11 is 0. The van der Waals surface area contributed by atoms with Crippen molar-refractivity contribution in [3.05, 3.63) is 86.5 Å². The Balaban J connectivity index is 2.83. The highest BCUT2D eigenvalue weighted by atomic mass is 31.2. The predicted molar refractivity (Wildman–Crippen MR) is 124 cm³/mol. The SMILES string of the molecule is C=C(C)COP(=O)(CC(=C)C)C1=C(C)NC(C)=C(C(=O)OC)C1c1cccc([N+](=O)[O-])c1. The van der Waals surface area contributed by atoms with Crippen molar-refractivity contribution in [3.63, 3.8) is 0 Å². The molecule has 0 amide bonds. The lowest BCUT2D eigenvalue weighted by molar-refractivity contribution is -0.384. The van der Waals surface area contributed by atoms with Crippen LogP contribution in [0.3, 0.4) is 0 Å². The predicted octanol–water partition coefficient (Wildman–Crippen LogP) is 5.41. The van der Waals surface area contributed by atoms with Gasteiger partial charge in [0.2, 0.25) is 7.37 Å². The molecule has 1 aromatic rings. The minimum Gasteiger partial charge on any atom is -0.466 e. The number of nitrogens with zero attached hydrogens (tertiary/aromatic N) is 1. The van der Waals surface area contributed by atoms with Crippen molar-refractivity contribution in [3.8, 4) is 0 Å². The number of allylic oxidation sites excluding steroid dienone is 4. The first kappa shape index (κ1) is 25.3. The number of hydrogen-bond acceptors (Lipinski definition) is 7. The lowest BCUT2D eigenvalue weighted by Crippen LogP contribution is -2.29. The van der Waals surface area contributed by atoms with Crippen molar-refractivity contribution in [2.75, 3.05) is 19.9 Å². The Bertz CT molecular complexity index is 1090. The first-order valence-electron chi connectivity index (χ1n) is 9.95. The van der Waals surface area contributed by atoms with Crippen LogP contribution in [0.15, 0.2) is 70.9 Å². The van der Waals surface area contributed by atoms with Crippen LogP contribution in [-0.4, -0.2) is 30.8 Å². The minimum atomic E-state index is -3.59. The second kappa shape index (κ2) is 10.1. The second-order valence-corrected chi connectivity index (χ2v) is 10.4. The van der Waals surface area contributed by atoms with E-state index in [0.717, 1.165) is 0 Å².